The Bertz CT molecular complexity index is 478. The van der Waals surface area contributed by atoms with E-state index in [1.54, 1.807) is 0 Å². The maximum Gasteiger partial charge on any atom is 0.131 e. The predicted octanol–water partition coefficient (Wildman–Crippen LogP) is 4.01. The molecule has 2 saturated carbocycles. The third-order valence-electron chi connectivity index (χ3n) is 4.18. The fraction of sp³-hybridized carbons (Fsp3) is 0.714. The first-order valence-electron chi connectivity index (χ1n) is 7.10. The van der Waals surface area contributed by atoms with Crippen LogP contribution >= 0.6 is 12.2 Å². The van der Waals surface area contributed by atoms with E-state index in [1.807, 2.05) is 6.07 Å². The highest BCUT2D eigenvalue weighted by Gasteiger charge is 2.27. The Hall–Kier alpha value is -0.900. The molecule has 0 spiro atoms. The van der Waals surface area contributed by atoms with Crippen LogP contribution in [0.25, 0.3) is 0 Å². The van der Waals surface area contributed by atoms with Crippen molar-refractivity contribution in [1.29, 1.82) is 0 Å². The summed E-state index contributed by atoms with van der Waals surface area (Å²) in [5, 5.41) is 3.63. The molecule has 0 amide bonds. The predicted molar refractivity (Wildman–Crippen MR) is 76.4 cm³/mol. The summed E-state index contributed by atoms with van der Waals surface area (Å²) in [6.07, 6.45) is 7.81. The smallest absolute Gasteiger partial charge is 0.131 e. The van der Waals surface area contributed by atoms with Crippen molar-refractivity contribution in [2.45, 2.75) is 57.4 Å². The summed E-state index contributed by atoms with van der Waals surface area (Å²) in [6, 6.07) is 2.54. The molecule has 0 saturated heterocycles. The van der Waals surface area contributed by atoms with Crippen molar-refractivity contribution in [2.75, 3.05) is 5.32 Å². The average molecular weight is 263 g/mol. The van der Waals surface area contributed by atoms with Gasteiger partial charge in [0.15, 0.2) is 0 Å². The molecule has 1 heterocycles. The lowest BCUT2D eigenvalue weighted by atomic mass is 9.86. The van der Waals surface area contributed by atoms with Crippen LogP contribution in [0.5, 0.6) is 0 Å². The quantitative estimate of drug-likeness (QED) is 0.810. The number of nitrogens with zero attached hydrogens (tertiary/aromatic N) is 1. The first-order valence-corrected chi connectivity index (χ1v) is 7.51. The molecule has 2 aliphatic carbocycles. The summed E-state index contributed by atoms with van der Waals surface area (Å²) in [4.78, 5) is 7.85. The minimum atomic E-state index is 0.582. The molecule has 0 radical (unpaired) electrons. The second kappa shape index (κ2) is 5.00. The molecule has 2 aliphatic rings. The van der Waals surface area contributed by atoms with Crippen molar-refractivity contribution in [1.82, 2.24) is 9.97 Å². The van der Waals surface area contributed by atoms with Crippen molar-refractivity contribution < 1.29 is 0 Å². The molecule has 0 bridgehead atoms. The van der Waals surface area contributed by atoms with Crippen molar-refractivity contribution >= 4 is 18.0 Å². The molecule has 3 rings (SSSR count). The van der Waals surface area contributed by atoms with Crippen LogP contribution in [0.2, 0.25) is 0 Å². The minimum Gasteiger partial charge on any atom is -0.369 e. The summed E-state index contributed by atoms with van der Waals surface area (Å²) in [5.74, 6) is 3.51. The van der Waals surface area contributed by atoms with Crippen LogP contribution in [-0.2, 0) is 0 Å². The van der Waals surface area contributed by atoms with Gasteiger partial charge in [-0.1, -0.05) is 32.0 Å². The maximum absolute atomic E-state index is 5.26. The van der Waals surface area contributed by atoms with Gasteiger partial charge in [0.1, 0.15) is 16.3 Å². The van der Waals surface area contributed by atoms with E-state index in [1.165, 1.54) is 38.5 Å². The normalized spacial score (nSPS) is 28.1. The van der Waals surface area contributed by atoms with Gasteiger partial charge in [-0.25, -0.2) is 4.98 Å². The van der Waals surface area contributed by atoms with Crippen LogP contribution in [0.4, 0.5) is 5.82 Å². The largest absolute Gasteiger partial charge is 0.369 e. The van der Waals surface area contributed by atoms with Crippen LogP contribution in [0.1, 0.15) is 57.2 Å². The first-order chi connectivity index (χ1) is 8.72. The highest BCUT2D eigenvalue weighted by Crippen LogP contribution is 2.38. The Morgan fingerprint density at radius 2 is 2.06 bits per heavy atom. The fourth-order valence-electron chi connectivity index (χ4n) is 2.83. The van der Waals surface area contributed by atoms with E-state index >= 15 is 0 Å². The minimum absolute atomic E-state index is 0.582. The monoisotopic (exact) mass is 263 g/mol. The van der Waals surface area contributed by atoms with Gasteiger partial charge in [-0.15, -0.1) is 0 Å². The van der Waals surface area contributed by atoms with Gasteiger partial charge < -0.3 is 10.3 Å². The van der Waals surface area contributed by atoms with Crippen LogP contribution in [0.3, 0.4) is 0 Å². The number of aromatic amines is 1. The lowest BCUT2D eigenvalue weighted by Crippen LogP contribution is -2.30. The van der Waals surface area contributed by atoms with Crippen molar-refractivity contribution in [3.05, 3.63) is 16.5 Å². The zero-order valence-electron chi connectivity index (χ0n) is 10.9. The van der Waals surface area contributed by atoms with E-state index in [9.17, 15) is 0 Å². The molecule has 3 nitrogen and oxygen atoms in total. The van der Waals surface area contributed by atoms with Crippen molar-refractivity contribution in [3.63, 3.8) is 0 Å². The molecule has 2 unspecified atom stereocenters. The summed E-state index contributed by atoms with van der Waals surface area (Å²) < 4.78 is 0.710. The summed E-state index contributed by atoms with van der Waals surface area (Å²) >= 11 is 5.26. The van der Waals surface area contributed by atoms with Gasteiger partial charge in [0, 0.05) is 18.0 Å². The molecular formula is C14H21N3S. The number of H-pyrrole nitrogens is 1. The van der Waals surface area contributed by atoms with E-state index < -0.39 is 0 Å². The molecular weight excluding hydrogens is 242 g/mol. The SMILES string of the molecule is CC1CCCCC1Nc1cc(=S)nc(C2CC2)[nH]1. The molecule has 0 aromatic carbocycles. The van der Waals surface area contributed by atoms with Crippen LogP contribution in [-0.4, -0.2) is 16.0 Å². The second-order valence-corrected chi connectivity index (χ2v) is 6.22. The molecule has 2 fully saturated rings. The number of aromatic nitrogens is 2. The summed E-state index contributed by atoms with van der Waals surface area (Å²) in [7, 11) is 0. The Kier molecular flexibility index (Phi) is 3.37. The molecule has 18 heavy (non-hydrogen) atoms. The fourth-order valence-corrected chi connectivity index (χ4v) is 3.05. The number of hydrogen-bond donors (Lipinski definition) is 2. The lowest BCUT2D eigenvalue weighted by Gasteiger charge is -2.30. The number of rotatable bonds is 3. The topological polar surface area (TPSA) is 40.7 Å². The van der Waals surface area contributed by atoms with Crippen LogP contribution in [0, 0.1) is 10.6 Å². The van der Waals surface area contributed by atoms with E-state index in [0.717, 1.165) is 17.6 Å². The van der Waals surface area contributed by atoms with Crippen molar-refractivity contribution in [2.24, 2.45) is 5.92 Å². The Morgan fingerprint density at radius 3 is 2.78 bits per heavy atom. The van der Waals surface area contributed by atoms with Crippen molar-refractivity contribution in [3.8, 4) is 0 Å². The second-order valence-electron chi connectivity index (χ2n) is 5.81. The van der Waals surface area contributed by atoms with Crippen LogP contribution in [0.15, 0.2) is 6.07 Å². The third-order valence-corrected chi connectivity index (χ3v) is 4.39. The Labute approximate surface area is 113 Å². The summed E-state index contributed by atoms with van der Waals surface area (Å²) in [5.41, 5.74) is 0. The van der Waals surface area contributed by atoms with Gasteiger partial charge in [-0.2, -0.15) is 0 Å². The molecule has 1 aromatic rings. The Balaban J connectivity index is 1.76. The van der Waals surface area contributed by atoms with E-state index in [0.29, 0.717) is 16.6 Å². The highest BCUT2D eigenvalue weighted by atomic mass is 32.1. The van der Waals surface area contributed by atoms with Gasteiger partial charge in [0.25, 0.3) is 0 Å². The van der Waals surface area contributed by atoms with E-state index in [4.69, 9.17) is 12.2 Å². The first kappa shape index (κ1) is 12.2. The molecule has 4 heteroatoms. The molecule has 2 N–H and O–H groups in total. The van der Waals surface area contributed by atoms with Gasteiger partial charge >= 0.3 is 0 Å². The van der Waals surface area contributed by atoms with Crippen LogP contribution < -0.4 is 5.32 Å². The number of nitrogens with one attached hydrogen (secondary N) is 2. The molecule has 2 atom stereocenters. The zero-order valence-corrected chi connectivity index (χ0v) is 11.7. The van der Waals surface area contributed by atoms with Gasteiger partial charge in [-0.3, -0.25) is 0 Å². The van der Waals surface area contributed by atoms with E-state index in [-0.39, 0.29) is 0 Å². The molecule has 0 aliphatic heterocycles. The summed E-state index contributed by atoms with van der Waals surface area (Å²) in [6.45, 7) is 2.34. The maximum atomic E-state index is 5.26. The zero-order chi connectivity index (χ0) is 12.5. The molecule has 98 valence electrons. The number of anilines is 1. The van der Waals surface area contributed by atoms with Gasteiger partial charge in [-0.05, 0) is 31.6 Å². The molecule has 1 aromatic heterocycles. The van der Waals surface area contributed by atoms with Gasteiger partial charge in [0.05, 0.1) is 0 Å². The van der Waals surface area contributed by atoms with E-state index in [2.05, 4.69) is 22.2 Å². The van der Waals surface area contributed by atoms with Gasteiger partial charge in [0.2, 0.25) is 0 Å². The average Bonchev–Trinajstić information content (AvgIpc) is 3.15. The standard InChI is InChI=1S/C14H21N3S/c1-9-4-2-3-5-11(9)15-12-8-13(18)17-14(16-12)10-6-7-10/h8-11H,2-7H2,1H3,(H2,15,16,17,18). The highest BCUT2D eigenvalue weighted by molar-refractivity contribution is 7.71. The number of hydrogen-bond acceptors (Lipinski definition) is 3. The Morgan fingerprint density at radius 1 is 1.28 bits per heavy atom. The lowest BCUT2D eigenvalue weighted by molar-refractivity contribution is 0.349. The third kappa shape index (κ3) is 2.74.